The predicted octanol–water partition coefficient (Wildman–Crippen LogP) is 0.387. The number of sulfone groups is 1. The number of aromatic nitrogens is 1. The number of carboxylic acids is 1. The minimum Gasteiger partial charge on any atom is -0.478 e. The lowest BCUT2D eigenvalue weighted by atomic mass is 9.93. The van der Waals surface area contributed by atoms with Crippen molar-refractivity contribution in [2.75, 3.05) is 6.61 Å². The monoisotopic (exact) mass is 389 g/mol. The second-order valence-corrected chi connectivity index (χ2v) is 9.37. The molecule has 1 aromatic rings. The van der Waals surface area contributed by atoms with E-state index in [0.717, 1.165) is 6.92 Å². The Hall–Kier alpha value is -2.07. The third kappa shape index (κ3) is 3.64. The fourth-order valence-corrected chi connectivity index (χ4v) is 4.76. The lowest BCUT2D eigenvalue weighted by molar-refractivity contribution is -0.153. The summed E-state index contributed by atoms with van der Waals surface area (Å²) in [5, 5.41) is 5.58. The maximum atomic E-state index is 14.8. The van der Waals surface area contributed by atoms with Gasteiger partial charge in [-0.1, -0.05) is 26.0 Å². The predicted molar refractivity (Wildman–Crippen MR) is 88.5 cm³/mol. The van der Waals surface area contributed by atoms with Gasteiger partial charge in [-0.3, -0.25) is 4.79 Å². The molecule has 7 nitrogen and oxygen atoms in total. The van der Waals surface area contributed by atoms with Gasteiger partial charge in [-0.05, 0) is 12.2 Å². The number of hydrogen-bond acceptors (Lipinski definition) is 7. The van der Waals surface area contributed by atoms with Crippen LogP contribution < -0.4 is 9.88 Å². The summed E-state index contributed by atoms with van der Waals surface area (Å²) in [7, 11) is -5.04. The topological polar surface area (TPSA) is 111 Å². The highest BCUT2D eigenvalue weighted by Gasteiger charge is 2.55. The van der Waals surface area contributed by atoms with Gasteiger partial charge in [0.05, 0.1) is 9.88 Å². The number of thiazole rings is 1. The fraction of sp³-hybridized carbons (Fsp3) is 0.400. The maximum Gasteiger partial charge on any atom is 0.361 e. The molecule has 0 bridgehead atoms. The first kappa shape index (κ1) is 19.3. The summed E-state index contributed by atoms with van der Waals surface area (Å²) in [5.41, 5.74) is -0.409. The Kier molecular flexibility index (Phi) is 4.88. The molecule has 0 radical (unpaired) electrons. The molecule has 0 spiro atoms. The molecule has 25 heavy (non-hydrogen) atoms. The second-order valence-electron chi connectivity index (χ2n) is 6.04. The Morgan fingerprint density at radius 1 is 1.44 bits per heavy atom. The van der Waals surface area contributed by atoms with Crippen molar-refractivity contribution in [1.82, 2.24) is 4.98 Å². The summed E-state index contributed by atoms with van der Waals surface area (Å²) in [6, 6.07) is 0. The van der Waals surface area contributed by atoms with Gasteiger partial charge in [-0.25, -0.2) is 22.6 Å². The SMILES string of the molecule is CC(=O)OCC(F)(C(=O)O)S(=O)(=O)c1nc2c(s1)=CC=CC(C)(C)C=2. The van der Waals surface area contributed by atoms with Crippen molar-refractivity contribution in [1.29, 1.82) is 0 Å². The van der Waals surface area contributed by atoms with Gasteiger partial charge < -0.3 is 9.84 Å². The lowest BCUT2D eigenvalue weighted by Gasteiger charge is -2.18. The van der Waals surface area contributed by atoms with E-state index in [4.69, 9.17) is 5.11 Å². The molecule has 0 fully saturated rings. The Bertz CT molecular complexity index is 976. The van der Waals surface area contributed by atoms with Crippen LogP contribution in [0.3, 0.4) is 0 Å². The standard InChI is InChI=1S/C15H16FNO6S2/c1-9(18)23-8-15(16,12(19)20)25(21,22)13-17-10-7-14(2,3)6-4-5-11(10)24-13/h4-7H,8H2,1-3H3,(H,19,20). The summed E-state index contributed by atoms with van der Waals surface area (Å²) >= 11 is 0.654. The first-order chi connectivity index (χ1) is 11.4. The van der Waals surface area contributed by atoms with Crippen LogP contribution in [0.5, 0.6) is 0 Å². The van der Waals surface area contributed by atoms with Crippen molar-refractivity contribution < 1.29 is 32.2 Å². The molecule has 1 aliphatic carbocycles. The summed E-state index contributed by atoms with van der Waals surface area (Å²) in [4.78, 5) is 26.0. The number of allylic oxidation sites excluding steroid dienone is 2. The van der Waals surface area contributed by atoms with Gasteiger partial charge >= 0.3 is 16.9 Å². The molecule has 1 atom stereocenters. The molecule has 0 aromatic carbocycles. The van der Waals surface area contributed by atoms with Crippen LogP contribution in [0.25, 0.3) is 12.2 Å². The molecule has 0 amide bonds. The number of nitrogens with zero attached hydrogens (tertiary/aromatic N) is 1. The van der Waals surface area contributed by atoms with E-state index in [1.54, 1.807) is 18.2 Å². The van der Waals surface area contributed by atoms with Gasteiger partial charge in [0.15, 0.2) is 6.61 Å². The average molecular weight is 389 g/mol. The molecule has 1 aliphatic rings. The molecule has 1 heterocycles. The summed E-state index contributed by atoms with van der Waals surface area (Å²) in [5.74, 6) is -3.27. The third-order valence-electron chi connectivity index (χ3n) is 3.38. The zero-order valence-electron chi connectivity index (χ0n) is 13.6. The number of halogens is 1. The summed E-state index contributed by atoms with van der Waals surface area (Å²) in [6.07, 6.45) is 6.91. The van der Waals surface area contributed by atoms with E-state index in [1.807, 2.05) is 19.9 Å². The molecular formula is C15H16FNO6S2. The number of aliphatic carboxylic acids is 1. The van der Waals surface area contributed by atoms with Crippen molar-refractivity contribution in [3.05, 3.63) is 22.0 Å². The van der Waals surface area contributed by atoms with E-state index >= 15 is 0 Å². The van der Waals surface area contributed by atoms with Gasteiger partial charge in [-0.15, -0.1) is 11.3 Å². The van der Waals surface area contributed by atoms with Gasteiger partial charge in [0.2, 0.25) is 4.34 Å². The maximum absolute atomic E-state index is 14.8. The van der Waals surface area contributed by atoms with Crippen molar-refractivity contribution >= 4 is 45.3 Å². The van der Waals surface area contributed by atoms with Crippen LogP contribution in [0, 0.1) is 5.41 Å². The molecule has 1 unspecified atom stereocenters. The van der Waals surface area contributed by atoms with Gasteiger partial charge in [0.25, 0.3) is 9.84 Å². The molecule has 136 valence electrons. The highest BCUT2D eigenvalue weighted by atomic mass is 32.2. The highest BCUT2D eigenvalue weighted by Crippen LogP contribution is 2.29. The van der Waals surface area contributed by atoms with Crippen LogP contribution in [0.4, 0.5) is 4.39 Å². The Morgan fingerprint density at radius 3 is 2.64 bits per heavy atom. The molecule has 2 rings (SSSR count). The van der Waals surface area contributed by atoms with Crippen molar-refractivity contribution in [2.24, 2.45) is 5.41 Å². The molecule has 0 saturated heterocycles. The van der Waals surface area contributed by atoms with Crippen molar-refractivity contribution in [3.63, 3.8) is 0 Å². The van der Waals surface area contributed by atoms with Gasteiger partial charge in [0.1, 0.15) is 0 Å². The minimum absolute atomic E-state index is 0.318. The third-order valence-corrected chi connectivity index (χ3v) is 6.81. The zero-order valence-corrected chi connectivity index (χ0v) is 15.3. The van der Waals surface area contributed by atoms with E-state index in [0.29, 0.717) is 21.2 Å². The Balaban J connectivity index is 2.61. The van der Waals surface area contributed by atoms with E-state index < -0.39 is 43.1 Å². The van der Waals surface area contributed by atoms with Gasteiger partial charge in [0, 0.05) is 12.3 Å². The molecular weight excluding hydrogens is 373 g/mol. The Labute approximate surface area is 147 Å². The van der Waals surface area contributed by atoms with Crippen LogP contribution in [0.15, 0.2) is 16.5 Å². The lowest BCUT2D eigenvalue weighted by Crippen LogP contribution is -2.46. The molecule has 10 heteroatoms. The number of rotatable bonds is 5. The number of alkyl halides is 1. The number of ether oxygens (including phenoxy) is 1. The van der Waals surface area contributed by atoms with Crippen LogP contribution in [-0.4, -0.2) is 42.1 Å². The number of carboxylic acid groups (broad SMARTS) is 1. The number of carbonyl (C=O) groups is 2. The van der Waals surface area contributed by atoms with E-state index in [1.165, 1.54) is 0 Å². The van der Waals surface area contributed by atoms with Gasteiger partial charge in [-0.2, -0.15) is 0 Å². The second kappa shape index (κ2) is 6.34. The molecule has 1 aromatic heterocycles. The minimum atomic E-state index is -5.04. The van der Waals surface area contributed by atoms with E-state index in [9.17, 15) is 22.4 Å². The number of fused-ring (bicyclic) bond motifs is 1. The van der Waals surface area contributed by atoms with E-state index in [2.05, 4.69) is 9.72 Å². The molecule has 0 aliphatic heterocycles. The number of hydrogen-bond donors (Lipinski definition) is 1. The molecule has 1 N–H and O–H groups in total. The zero-order chi connectivity index (χ0) is 19.0. The fourth-order valence-electron chi connectivity index (χ4n) is 2.03. The summed E-state index contributed by atoms with van der Waals surface area (Å²) in [6.45, 7) is 3.20. The summed E-state index contributed by atoms with van der Waals surface area (Å²) < 4.78 is 43.9. The first-order valence-electron chi connectivity index (χ1n) is 7.09. The quantitative estimate of drug-likeness (QED) is 0.725. The average Bonchev–Trinajstić information content (AvgIpc) is 2.80. The van der Waals surface area contributed by atoms with Crippen LogP contribution in [0.1, 0.15) is 20.8 Å². The highest BCUT2D eigenvalue weighted by molar-refractivity contribution is 7.95. The smallest absolute Gasteiger partial charge is 0.361 e. The van der Waals surface area contributed by atoms with E-state index in [-0.39, 0.29) is 0 Å². The first-order valence-corrected chi connectivity index (χ1v) is 9.39. The molecule has 0 saturated carbocycles. The van der Waals surface area contributed by atoms with Crippen molar-refractivity contribution in [2.45, 2.75) is 30.1 Å². The van der Waals surface area contributed by atoms with Crippen LogP contribution in [0.2, 0.25) is 0 Å². The number of carbonyl (C=O) groups excluding carboxylic acids is 1. The van der Waals surface area contributed by atoms with Crippen molar-refractivity contribution in [3.8, 4) is 0 Å². The Morgan fingerprint density at radius 2 is 2.08 bits per heavy atom. The number of esters is 1. The normalized spacial score (nSPS) is 18.1. The van der Waals surface area contributed by atoms with Crippen LogP contribution >= 0.6 is 11.3 Å². The van der Waals surface area contributed by atoms with Crippen LogP contribution in [-0.2, 0) is 24.2 Å². The largest absolute Gasteiger partial charge is 0.478 e.